The first-order chi connectivity index (χ1) is 7.71. The van der Waals surface area contributed by atoms with Crippen molar-refractivity contribution in [2.24, 2.45) is 11.1 Å². The van der Waals surface area contributed by atoms with Gasteiger partial charge in [0, 0.05) is 21.8 Å². The Balaban J connectivity index is 2.90. The monoisotopic (exact) mass is 314 g/mol. The third-order valence-electron chi connectivity index (χ3n) is 2.92. The molecule has 0 fully saturated rings. The molecule has 1 unspecified atom stereocenters. The zero-order valence-electron chi connectivity index (χ0n) is 10.7. The molecule has 0 radical (unpaired) electrons. The highest BCUT2D eigenvalue weighted by Crippen LogP contribution is 2.28. The van der Waals surface area contributed by atoms with Crippen molar-refractivity contribution in [1.82, 2.24) is 0 Å². The molecular weight excluding hydrogens is 296 g/mol. The maximum atomic E-state index is 5.59. The molecule has 0 saturated heterocycles. The van der Waals surface area contributed by atoms with Gasteiger partial charge in [0.15, 0.2) is 0 Å². The average Bonchev–Trinajstić information content (AvgIpc) is 2.19. The molecule has 2 nitrogen and oxygen atoms in total. The molecule has 0 aliphatic carbocycles. The minimum Gasteiger partial charge on any atom is -0.389 e. The van der Waals surface area contributed by atoms with Gasteiger partial charge in [-0.25, -0.2) is 0 Å². The van der Waals surface area contributed by atoms with Crippen molar-refractivity contribution in [1.29, 1.82) is 0 Å². The number of anilines is 1. The van der Waals surface area contributed by atoms with Gasteiger partial charge in [0.05, 0.1) is 0 Å². The van der Waals surface area contributed by atoms with E-state index in [1.807, 2.05) is 18.2 Å². The van der Waals surface area contributed by atoms with E-state index in [1.165, 1.54) is 0 Å². The minimum absolute atomic E-state index is 0.210. The van der Waals surface area contributed by atoms with Crippen LogP contribution in [0.3, 0.4) is 0 Å². The largest absolute Gasteiger partial charge is 0.389 e. The maximum absolute atomic E-state index is 5.59. The molecular formula is C13H19BrN2S. The predicted octanol–water partition coefficient (Wildman–Crippen LogP) is 3.93. The summed E-state index contributed by atoms with van der Waals surface area (Å²) in [5.74, 6) is 0. The highest BCUT2D eigenvalue weighted by Gasteiger charge is 2.20. The van der Waals surface area contributed by atoms with Crippen LogP contribution >= 0.6 is 28.1 Å². The molecule has 0 heterocycles. The molecule has 94 valence electrons. The Bertz CT molecular complexity index is 424. The van der Waals surface area contributed by atoms with Gasteiger partial charge in [-0.15, -0.1) is 0 Å². The molecule has 1 aromatic carbocycles. The van der Waals surface area contributed by atoms with Gasteiger partial charge in [-0.3, -0.25) is 0 Å². The van der Waals surface area contributed by atoms with E-state index in [1.54, 1.807) is 0 Å². The fourth-order valence-electron chi connectivity index (χ4n) is 1.24. The molecule has 4 heteroatoms. The molecule has 1 aromatic rings. The smallest absolute Gasteiger partial charge is 0.104 e. The van der Waals surface area contributed by atoms with Crippen LogP contribution in [0.25, 0.3) is 0 Å². The number of nitrogens with two attached hydrogens (primary N) is 1. The summed E-state index contributed by atoms with van der Waals surface area (Å²) in [7, 11) is 0. The van der Waals surface area contributed by atoms with E-state index in [2.05, 4.69) is 48.9 Å². The molecule has 1 atom stereocenters. The first kappa shape index (κ1) is 14.5. The molecule has 1 rings (SSSR count). The van der Waals surface area contributed by atoms with Crippen LogP contribution in [-0.2, 0) is 0 Å². The van der Waals surface area contributed by atoms with Crippen molar-refractivity contribution in [3.8, 4) is 0 Å². The van der Waals surface area contributed by atoms with Crippen LogP contribution in [0.5, 0.6) is 0 Å². The lowest BCUT2D eigenvalue weighted by Gasteiger charge is -2.29. The number of hydrogen-bond acceptors (Lipinski definition) is 2. The quantitative estimate of drug-likeness (QED) is 0.830. The highest BCUT2D eigenvalue weighted by molar-refractivity contribution is 9.10. The van der Waals surface area contributed by atoms with Gasteiger partial charge >= 0.3 is 0 Å². The first-order valence-electron chi connectivity index (χ1n) is 5.57. The Morgan fingerprint density at radius 3 is 2.41 bits per heavy atom. The fraction of sp³-hybridized carbons (Fsp3) is 0.462. The highest BCUT2D eigenvalue weighted by atomic mass is 79.9. The normalized spacial score (nSPS) is 13.2. The number of hydrogen-bond donors (Lipinski definition) is 2. The van der Waals surface area contributed by atoms with E-state index in [9.17, 15) is 0 Å². The Hall–Kier alpha value is -0.610. The molecule has 0 aliphatic rings. The van der Waals surface area contributed by atoms with E-state index < -0.39 is 0 Å². The van der Waals surface area contributed by atoms with Crippen molar-refractivity contribution in [2.75, 3.05) is 5.32 Å². The Morgan fingerprint density at radius 1 is 1.41 bits per heavy atom. The fourth-order valence-corrected chi connectivity index (χ4v) is 1.86. The number of halogens is 1. The lowest BCUT2D eigenvalue weighted by molar-refractivity contribution is 0.359. The topological polar surface area (TPSA) is 38.0 Å². The molecule has 0 aromatic heterocycles. The lowest BCUT2D eigenvalue weighted by atomic mass is 9.88. The second-order valence-corrected chi connectivity index (χ2v) is 6.59. The SMILES string of the molecule is CC(Nc1ccc(C(N)=S)cc1Br)C(C)(C)C. The third kappa shape index (κ3) is 3.96. The molecule has 0 bridgehead atoms. The van der Waals surface area contributed by atoms with Crippen molar-refractivity contribution in [3.05, 3.63) is 28.2 Å². The summed E-state index contributed by atoms with van der Waals surface area (Å²) in [5, 5.41) is 3.49. The van der Waals surface area contributed by atoms with Gasteiger partial charge in [-0.05, 0) is 46.5 Å². The van der Waals surface area contributed by atoms with Crippen molar-refractivity contribution >= 4 is 38.8 Å². The molecule has 0 aliphatic heterocycles. The van der Waals surface area contributed by atoms with Gasteiger partial charge < -0.3 is 11.1 Å². The van der Waals surface area contributed by atoms with Crippen LogP contribution in [0, 0.1) is 5.41 Å². The number of thiocarbonyl (C=S) groups is 1. The molecule has 0 amide bonds. The average molecular weight is 315 g/mol. The summed E-state index contributed by atoms with van der Waals surface area (Å²) >= 11 is 8.48. The molecule has 3 N–H and O–H groups in total. The van der Waals surface area contributed by atoms with Gasteiger partial charge in [0.25, 0.3) is 0 Å². The van der Waals surface area contributed by atoms with E-state index >= 15 is 0 Å². The minimum atomic E-state index is 0.210. The molecule has 0 saturated carbocycles. The Kier molecular flexibility index (Phi) is 4.55. The van der Waals surface area contributed by atoms with E-state index in [-0.39, 0.29) is 5.41 Å². The van der Waals surface area contributed by atoms with Gasteiger partial charge in [0.2, 0.25) is 0 Å². The summed E-state index contributed by atoms with van der Waals surface area (Å²) in [5.41, 5.74) is 7.74. The van der Waals surface area contributed by atoms with Crippen LogP contribution in [0.1, 0.15) is 33.3 Å². The Labute approximate surface area is 117 Å². The number of nitrogens with one attached hydrogen (secondary N) is 1. The lowest BCUT2D eigenvalue weighted by Crippen LogP contribution is -2.30. The summed E-state index contributed by atoms with van der Waals surface area (Å²) in [4.78, 5) is 0.418. The summed E-state index contributed by atoms with van der Waals surface area (Å²) in [6, 6.07) is 6.25. The van der Waals surface area contributed by atoms with Gasteiger partial charge in [-0.1, -0.05) is 33.0 Å². The van der Waals surface area contributed by atoms with Gasteiger partial charge in [-0.2, -0.15) is 0 Å². The second-order valence-electron chi connectivity index (χ2n) is 5.29. The molecule has 0 spiro atoms. The van der Waals surface area contributed by atoms with Crippen LogP contribution in [0.15, 0.2) is 22.7 Å². The summed E-state index contributed by atoms with van der Waals surface area (Å²) in [6.45, 7) is 8.81. The third-order valence-corrected chi connectivity index (χ3v) is 3.82. The van der Waals surface area contributed by atoms with Gasteiger partial charge in [0.1, 0.15) is 4.99 Å². The van der Waals surface area contributed by atoms with Crippen LogP contribution < -0.4 is 11.1 Å². The van der Waals surface area contributed by atoms with Crippen molar-refractivity contribution in [2.45, 2.75) is 33.7 Å². The molecule has 17 heavy (non-hydrogen) atoms. The van der Waals surface area contributed by atoms with Crippen LogP contribution in [0.4, 0.5) is 5.69 Å². The number of benzene rings is 1. The van der Waals surface area contributed by atoms with Crippen LogP contribution in [-0.4, -0.2) is 11.0 Å². The standard InChI is InChI=1S/C13H19BrN2S/c1-8(13(2,3)4)16-11-6-5-9(12(15)17)7-10(11)14/h5-8,16H,1-4H3,(H2,15,17). The summed E-state index contributed by atoms with van der Waals surface area (Å²) < 4.78 is 0.985. The van der Waals surface area contributed by atoms with Crippen molar-refractivity contribution in [3.63, 3.8) is 0 Å². The van der Waals surface area contributed by atoms with Crippen LogP contribution in [0.2, 0.25) is 0 Å². The van der Waals surface area contributed by atoms with E-state index in [0.29, 0.717) is 11.0 Å². The zero-order valence-corrected chi connectivity index (χ0v) is 13.1. The van der Waals surface area contributed by atoms with E-state index in [4.69, 9.17) is 18.0 Å². The van der Waals surface area contributed by atoms with E-state index in [0.717, 1.165) is 15.7 Å². The first-order valence-corrected chi connectivity index (χ1v) is 6.78. The number of rotatable bonds is 3. The predicted molar refractivity (Wildman–Crippen MR) is 82.6 cm³/mol. The second kappa shape index (κ2) is 5.36. The summed E-state index contributed by atoms with van der Waals surface area (Å²) in [6.07, 6.45) is 0. The van der Waals surface area contributed by atoms with Crippen molar-refractivity contribution < 1.29 is 0 Å². The Morgan fingerprint density at radius 2 is 2.00 bits per heavy atom. The maximum Gasteiger partial charge on any atom is 0.104 e. The zero-order chi connectivity index (χ0) is 13.2.